The van der Waals surface area contributed by atoms with Gasteiger partial charge in [-0.1, -0.05) is 47.5 Å². The normalized spacial score (nSPS) is 11.2. The third-order valence-electron chi connectivity index (χ3n) is 4.66. The predicted molar refractivity (Wildman–Crippen MR) is 122 cm³/mol. The topological polar surface area (TPSA) is 66.5 Å². The van der Waals surface area contributed by atoms with Crippen molar-refractivity contribution >= 4 is 38.9 Å². The van der Waals surface area contributed by atoms with Crippen LogP contribution in [-0.2, 0) is 14.8 Å². The Labute approximate surface area is 182 Å². The number of hydrogen-bond donors (Lipinski definition) is 1. The van der Waals surface area contributed by atoms with Gasteiger partial charge in [0.15, 0.2) is 0 Å². The summed E-state index contributed by atoms with van der Waals surface area (Å²) < 4.78 is 27.8. The van der Waals surface area contributed by atoms with E-state index in [0.29, 0.717) is 16.4 Å². The lowest BCUT2D eigenvalue weighted by Gasteiger charge is -2.24. The van der Waals surface area contributed by atoms with Crippen LogP contribution in [0.4, 0.5) is 11.4 Å². The molecule has 0 radical (unpaired) electrons. The molecule has 0 fully saturated rings. The molecule has 1 N–H and O–H groups in total. The van der Waals surface area contributed by atoms with E-state index in [9.17, 15) is 13.2 Å². The van der Waals surface area contributed by atoms with Crippen molar-refractivity contribution in [2.45, 2.75) is 25.7 Å². The minimum absolute atomic E-state index is 0.104. The van der Waals surface area contributed by atoms with Crippen LogP contribution in [0.5, 0.6) is 0 Å². The van der Waals surface area contributed by atoms with Crippen LogP contribution in [0.2, 0.25) is 5.02 Å². The summed E-state index contributed by atoms with van der Waals surface area (Å²) in [7, 11) is -3.98. The zero-order valence-corrected chi connectivity index (χ0v) is 18.6. The van der Waals surface area contributed by atoms with Crippen molar-refractivity contribution in [3.8, 4) is 0 Å². The Morgan fingerprint density at radius 2 is 1.60 bits per heavy atom. The molecule has 0 saturated carbocycles. The van der Waals surface area contributed by atoms with Crippen LogP contribution in [0.25, 0.3) is 0 Å². The number of hydrogen-bond acceptors (Lipinski definition) is 3. The maximum absolute atomic E-state index is 13.4. The molecule has 5 nitrogen and oxygen atoms in total. The fourth-order valence-corrected chi connectivity index (χ4v) is 4.57. The number of aryl methyl sites for hydroxylation is 3. The summed E-state index contributed by atoms with van der Waals surface area (Å²) in [6.45, 7) is 5.30. The highest BCUT2D eigenvalue weighted by Crippen LogP contribution is 2.26. The molecule has 0 aliphatic carbocycles. The Bertz CT molecular complexity index is 1180. The van der Waals surface area contributed by atoms with Gasteiger partial charge in [0.05, 0.1) is 10.6 Å². The van der Waals surface area contributed by atoms with Gasteiger partial charge in [-0.3, -0.25) is 9.10 Å². The molecule has 0 atom stereocenters. The van der Waals surface area contributed by atoms with Crippen LogP contribution in [0.15, 0.2) is 71.6 Å². The van der Waals surface area contributed by atoms with Crippen molar-refractivity contribution < 1.29 is 13.2 Å². The van der Waals surface area contributed by atoms with Crippen LogP contribution in [-0.4, -0.2) is 20.9 Å². The Morgan fingerprint density at radius 1 is 0.933 bits per heavy atom. The molecular weight excluding hydrogens is 420 g/mol. The fourth-order valence-electron chi connectivity index (χ4n) is 2.97. The molecule has 0 unspecified atom stereocenters. The first-order valence-corrected chi connectivity index (χ1v) is 11.2. The maximum Gasteiger partial charge on any atom is 0.264 e. The van der Waals surface area contributed by atoms with Crippen LogP contribution < -0.4 is 9.62 Å². The van der Waals surface area contributed by atoms with E-state index in [1.54, 1.807) is 30.3 Å². The van der Waals surface area contributed by atoms with Crippen molar-refractivity contribution in [2.24, 2.45) is 0 Å². The average molecular weight is 443 g/mol. The van der Waals surface area contributed by atoms with Gasteiger partial charge in [-0.15, -0.1) is 0 Å². The highest BCUT2D eigenvalue weighted by Gasteiger charge is 2.27. The van der Waals surface area contributed by atoms with Crippen molar-refractivity contribution in [2.75, 3.05) is 16.2 Å². The number of nitrogens with one attached hydrogen (secondary N) is 1. The van der Waals surface area contributed by atoms with Crippen LogP contribution in [0.3, 0.4) is 0 Å². The van der Waals surface area contributed by atoms with Gasteiger partial charge in [0.25, 0.3) is 10.0 Å². The van der Waals surface area contributed by atoms with E-state index in [2.05, 4.69) is 5.32 Å². The first kappa shape index (κ1) is 21.9. The van der Waals surface area contributed by atoms with Gasteiger partial charge in [0, 0.05) is 10.7 Å². The van der Waals surface area contributed by atoms with Crippen molar-refractivity contribution in [1.82, 2.24) is 0 Å². The lowest BCUT2D eigenvalue weighted by molar-refractivity contribution is -0.114. The summed E-state index contributed by atoms with van der Waals surface area (Å²) in [5.74, 6) is -0.445. The summed E-state index contributed by atoms with van der Waals surface area (Å²) >= 11 is 6.09. The molecule has 0 saturated heterocycles. The molecule has 3 rings (SSSR count). The molecule has 156 valence electrons. The minimum Gasteiger partial charge on any atom is -0.324 e. The second-order valence-electron chi connectivity index (χ2n) is 7.17. The van der Waals surface area contributed by atoms with E-state index in [1.165, 1.54) is 18.2 Å². The summed E-state index contributed by atoms with van der Waals surface area (Å²) in [5.41, 5.74) is 3.80. The quantitative estimate of drug-likeness (QED) is 0.577. The molecule has 0 heterocycles. The zero-order valence-electron chi connectivity index (χ0n) is 17.0. The average Bonchev–Trinajstić information content (AvgIpc) is 2.69. The number of carbonyl (C=O) groups is 1. The van der Waals surface area contributed by atoms with Crippen LogP contribution >= 0.6 is 11.6 Å². The molecule has 0 aromatic heterocycles. The van der Waals surface area contributed by atoms with E-state index < -0.39 is 15.9 Å². The standard InChI is InChI=1S/C23H23ClN2O3S/c1-16-8-11-21(12-9-16)30(28,29)26(20-6-4-5-19(24)14-20)15-23(27)25-22-13-17(2)7-10-18(22)3/h4-14H,15H2,1-3H3,(H,25,27). The summed E-state index contributed by atoms with van der Waals surface area (Å²) in [4.78, 5) is 12.9. The molecule has 3 aromatic carbocycles. The van der Waals surface area contributed by atoms with E-state index >= 15 is 0 Å². The lowest BCUT2D eigenvalue weighted by Crippen LogP contribution is -2.38. The molecule has 0 spiro atoms. The molecular formula is C23H23ClN2O3S. The first-order valence-electron chi connectivity index (χ1n) is 9.39. The first-order chi connectivity index (χ1) is 14.2. The number of amides is 1. The van der Waals surface area contributed by atoms with Gasteiger partial charge < -0.3 is 5.32 Å². The maximum atomic E-state index is 13.4. The number of anilines is 2. The Kier molecular flexibility index (Phi) is 6.48. The molecule has 0 bridgehead atoms. The Morgan fingerprint density at radius 3 is 2.27 bits per heavy atom. The second kappa shape index (κ2) is 8.90. The number of sulfonamides is 1. The monoisotopic (exact) mass is 442 g/mol. The Hall–Kier alpha value is -2.83. The van der Waals surface area contributed by atoms with Gasteiger partial charge >= 0.3 is 0 Å². The van der Waals surface area contributed by atoms with Crippen molar-refractivity contribution in [3.63, 3.8) is 0 Å². The number of carbonyl (C=O) groups excluding carboxylic acids is 1. The number of rotatable bonds is 6. The third kappa shape index (κ3) is 5.01. The van der Waals surface area contributed by atoms with Gasteiger partial charge in [0.2, 0.25) is 5.91 Å². The van der Waals surface area contributed by atoms with E-state index in [4.69, 9.17) is 11.6 Å². The highest BCUT2D eigenvalue weighted by atomic mass is 35.5. The zero-order chi connectivity index (χ0) is 21.9. The minimum atomic E-state index is -3.98. The molecule has 7 heteroatoms. The summed E-state index contributed by atoms with van der Waals surface area (Å²) in [6.07, 6.45) is 0. The van der Waals surface area contributed by atoms with Gasteiger partial charge in [-0.05, 0) is 68.3 Å². The SMILES string of the molecule is Cc1ccc(S(=O)(=O)N(CC(=O)Nc2cc(C)ccc2C)c2cccc(Cl)c2)cc1. The molecule has 30 heavy (non-hydrogen) atoms. The number of halogens is 1. The van der Waals surface area contributed by atoms with E-state index in [1.807, 2.05) is 39.0 Å². The van der Waals surface area contributed by atoms with E-state index in [0.717, 1.165) is 21.0 Å². The van der Waals surface area contributed by atoms with Crippen LogP contribution in [0, 0.1) is 20.8 Å². The highest BCUT2D eigenvalue weighted by molar-refractivity contribution is 7.92. The number of nitrogens with zero attached hydrogens (tertiary/aromatic N) is 1. The second-order valence-corrected chi connectivity index (χ2v) is 9.47. The lowest BCUT2D eigenvalue weighted by atomic mass is 10.1. The summed E-state index contributed by atoms with van der Waals surface area (Å²) in [5, 5.41) is 3.20. The molecule has 3 aromatic rings. The molecule has 0 aliphatic heterocycles. The largest absolute Gasteiger partial charge is 0.324 e. The smallest absolute Gasteiger partial charge is 0.264 e. The number of benzene rings is 3. The van der Waals surface area contributed by atoms with Gasteiger partial charge in [-0.2, -0.15) is 0 Å². The van der Waals surface area contributed by atoms with Crippen molar-refractivity contribution in [3.05, 3.63) is 88.4 Å². The Balaban J connectivity index is 1.96. The van der Waals surface area contributed by atoms with E-state index in [-0.39, 0.29) is 11.4 Å². The van der Waals surface area contributed by atoms with Gasteiger partial charge in [0.1, 0.15) is 6.54 Å². The predicted octanol–water partition coefficient (Wildman–Crippen LogP) is 5.10. The third-order valence-corrected chi connectivity index (χ3v) is 6.68. The fraction of sp³-hybridized carbons (Fsp3) is 0.174. The van der Waals surface area contributed by atoms with Crippen molar-refractivity contribution in [1.29, 1.82) is 0 Å². The van der Waals surface area contributed by atoms with Gasteiger partial charge in [-0.25, -0.2) is 8.42 Å². The molecule has 0 aliphatic rings. The van der Waals surface area contributed by atoms with Crippen LogP contribution in [0.1, 0.15) is 16.7 Å². The molecule has 1 amide bonds. The summed E-state index contributed by atoms with van der Waals surface area (Å²) in [6, 6.07) is 18.7.